The molecule has 4 amide bonds. The molecule has 2 N–H and O–H groups in total. The summed E-state index contributed by atoms with van der Waals surface area (Å²) in [6, 6.07) is 5.62. The second-order valence-electron chi connectivity index (χ2n) is 15.7. The molecule has 284 valence electrons. The third-order valence-electron chi connectivity index (χ3n) is 9.04. The number of carbonyl (C=O) groups is 6. The Bertz CT molecular complexity index is 1550. The first kappa shape index (κ1) is 40.3. The van der Waals surface area contributed by atoms with Crippen molar-refractivity contribution in [2.45, 2.75) is 104 Å². The number of hydrogen-bond donors (Lipinski definition) is 2. The number of Topliss-reactive ketones (excluding diaryl/α,β-unsaturated/α-hetero) is 2. The van der Waals surface area contributed by atoms with E-state index in [4.69, 9.17) is 14.2 Å². The van der Waals surface area contributed by atoms with Crippen LogP contribution in [0, 0.1) is 11.8 Å². The zero-order valence-corrected chi connectivity index (χ0v) is 31.5. The van der Waals surface area contributed by atoms with E-state index < -0.39 is 35.5 Å². The van der Waals surface area contributed by atoms with E-state index in [2.05, 4.69) is 10.6 Å². The number of likely N-dealkylation sites (tertiary alicyclic amines) is 2. The minimum absolute atomic E-state index is 0.0621. The maximum atomic E-state index is 13.0. The number of nitrogens with zero attached hydrogens (tertiary/aromatic N) is 2. The summed E-state index contributed by atoms with van der Waals surface area (Å²) < 4.78 is 16.8. The van der Waals surface area contributed by atoms with E-state index in [0.29, 0.717) is 57.6 Å². The largest absolute Gasteiger partial charge is 0.444 e. The smallest absolute Gasteiger partial charge is 0.410 e. The summed E-state index contributed by atoms with van der Waals surface area (Å²) in [6.45, 7) is 13.7. The quantitative estimate of drug-likeness (QED) is 0.291. The molecular weight excluding hydrogens is 668 g/mol. The van der Waals surface area contributed by atoms with Crippen molar-refractivity contribution in [3.63, 3.8) is 0 Å². The lowest BCUT2D eigenvalue weighted by molar-refractivity contribution is -0.128. The van der Waals surface area contributed by atoms with Gasteiger partial charge in [-0.15, -0.1) is 0 Å². The third kappa shape index (κ3) is 11.5. The van der Waals surface area contributed by atoms with Gasteiger partial charge >= 0.3 is 12.2 Å². The number of ether oxygens (including phenoxy) is 3. The maximum absolute atomic E-state index is 13.0. The summed E-state index contributed by atoms with van der Waals surface area (Å²) in [5.41, 5.74) is 0.897. The standard InChI is InChI=1S/C39H54N4O9/c1-25-18-20-43(37(49)52-39(5,6)7)33(25)35(47)41-22-32(45)29-16-12-27(13-17-29)24-50-23-26-10-14-28(15-11-26)31(44)21-40-34(46)30-9-8-19-42(30)36(48)51-38(2,3)4/h10-14,16-17,25,28,30,33H,8-9,15,18-24H2,1-7H3,(H,40,46)(H,41,47)/t25-,28?,30+,33+/m1/s1. The maximum Gasteiger partial charge on any atom is 0.410 e. The minimum Gasteiger partial charge on any atom is -0.444 e. The average Bonchev–Trinajstić information content (AvgIpc) is 3.72. The first-order chi connectivity index (χ1) is 24.4. The number of ketones is 2. The lowest BCUT2D eigenvalue weighted by Crippen LogP contribution is -2.50. The van der Waals surface area contributed by atoms with Crippen molar-refractivity contribution in [1.29, 1.82) is 0 Å². The van der Waals surface area contributed by atoms with Gasteiger partial charge in [0.15, 0.2) is 11.6 Å². The van der Waals surface area contributed by atoms with Gasteiger partial charge in [-0.05, 0) is 84.3 Å². The van der Waals surface area contributed by atoms with Gasteiger partial charge in [0, 0.05) is 24.6 Å². The van der Waals surface area contributed by atoms with Crippen molar-refractivity contribution in [1.82, 2.24) is 20.4 Å². The van der Waals surface area contributed by atoms with E-state index in [1.165, 1.54) is 9.80 Å². The van der Waals surface area contributed by atoms with Crippen molar-refractivity contribution in [3.8, 4) is 0 Å². The van der Waals surface area contributed by atoms with Gasteiger partial charge in [0.25, 0.3) is 0 Å². The van der Waals surface area contributed by atoms with Crippen LogP contribution in [-0.2, 0) is 35.2 Å². The zero-order chi connectivity index (χ0) is 38.2. The number of carbonyl (C=O) groups excluding carboxylic acids is 6. The zero-order valence-electron chi connectivity index (χ0n) is 31.5. The molecule has 4 atom stereocenters. The van der Waals surface area contributed by atoms with Crippen molar-refractivity contribution in [3.05, 3.63) is 59.2 Å². The second-order valence-corrected chi connectivity index (χ2v) is 15.7. The molecule has 1 unspecified atom stereocenters. The molecule has 0 bridgehead atoms. The van der Waals surface area contributed by atoms with E-state index in [-0.39, 0.29) is 48.3 Å². The predicted molar refractivity (Wildman–Crippen MR) is 193 cm³/mol. The Morgan fingerprint density at radius 3 is 2.04 bits per heavy atom. The van der Waals surface area contributed by atoms with Crippen LogP contribution in [0.25, 0.3) is 0 Å². The van der Waals surface area contributed by atoms with E-state index in [1.807, 2.05) is 25.2 Å². The molecule has 0 radical (unpaired) electrons. The second kappa shape index (κ2) is 17.3. The summed E-state index contributed by atoms with van der Waals surface area (Å²) in [6.07, 6.45) is 6.93. The molecule has 2 aliphatic heterocycles. The van der Waals surface area contributed by atoms with Crippen molar-refractivity contribution < 1.29 is 43.0 Å². The Morgan fingerprint density at radius 1 is 0.788 bits per heavy atom. The first-order valence-corrected chi connectivity index (χ1v) is 18.1. The molecule has 52 heavy (non-hydrogen) atoms. The van der Waals surface area contributed by atoms with Crippen LogP contribution in [0.2, 0.25) is 0 Å². The fourth-order valence-electron chi connectivity index (χ4n) is 6.33. The number of rotatable bonds is 12. The van der Waals surface area contributed by atoms with E-state index >= 15 is 0 Å². The van der Waals surface area contributed by atoms with Gasteiger partial charge in [0.05, 0.1) is 26.3 Å². The predicted octanol–water partition coefficient (Wildman–Crippen LogP) is 4.73. The lowest BCUT2D eigenvalue weighted by atomic mass is 9.93. The molecule has 2 saturated heterocycles. The van der Waals surface area contributed by atoms with E-state index in [9.17, 15) is 28.8 Å². The molecule has 4 rings (SSSR count). The highest BCUT2D eigenvalue weighted by Crippen LogP contribution is 2.26. The van der Waals surface area contributed by atoms with Crippen LogP contribution in [-0.4, -0.2) is 101 Å². The topological polar surface area (TPSA) is 161 Å². The van der Waals surface area contributed by atoms with Crippen LogP contribution in [0.1, 0.15) is 90.1 Å². The van der Waals surface area contributed by atoms with Gasteiger partial charge < -0.3 is 24.8 Å². The van der Waals surface area contributed by atoms with Gasteiger partial charge in [0.2, 0.25) is 11.8 Å². The summed E-state index contributed by atoms with van der Waals surface area (Å²) >= 11 is 0. The van der Waals surface area contributed by atoms with Crippen molar-refractivity contribution in [2.24, 2.45) is 11.8 Å². The van der Waals surface area contributed by atoms with E-state index in [0.717, 1.165) is 11.1 Å². The number of allylic oxidation sites excluding steroid dienone is 2. The highest BCUT2D eigenvalue weighted by atomic mass is 16.6. The molecule has 1 aliphatic carbocycles. The monoisotopic (exact) mass is 722 g/mol. The summed E-state index contributed by atoms with van der Waals surface area (Å²) in [4.78, 5) is 79.5. The van der Waals surface area contributed by atoms with Crippen molar-refractivity contribution in [2.75, 3.05) is 32.8 Å². The van der Waals surface area contributed by atoms with Crippen molar-refractivity contribution >= 4 is 35.6 Å². The van der Waals surface area contributed by atoms with Crippen LogP contribution in [0.3, 0.4) is 0 Å². The number of nitrogens with one attached hydrogen (secondary N) is 2. The van der Waals surface area contributed by atoms with Crippen LogP contribution < -0.4 is 10.6 Å². The molecule has 1 aromatic rings. The number of benzene rings is 1. The van der Waals surface area contributed by atoms with Crippen LogP contribution in [0.15, 0.2) is 48.1 Å². The molecule has 2 fully saturated rings. The van der Waals surface area contributed by atoms with E-state index in [1.54, 1.807) is 65.8 Å². The van der Waals surface area contributed by atoms with Gasteiger partial charge in [-0.25, -0.2) is 9.59 Å². The first-order valence-electron chi connectivity index (χ1n) is 18.1. The lowest BCUT2D eigenvalue weighted by Gasteiger charge is -2.29. The molecule has 0 aromatic heterocycles. The average molecular weight is 723 g/mol. The Labute approximate surface area is 306 Å². The third-order valence-corrected chi connectivity index (χ3v) is 9.04. The number of amides is 4. The Balaban J connectivity index is 1.15. The van der Waals surface area contributed by atoms with Crippen LogP contribution in [0.4, 0.5) is 9.59 Å². The highest BCUT2D eigenvalue weighted by molar-refractivity contribution is 6.00. The summed E-state index contributed by atoms with van der Waals surface area (Å²) in [7, 11) is 0. The molecule has 0 saturated carbocycles. The SMILES string of the molecule is C[C@@H]1CCN(C(=O)OC(C)(C)C)[C@@H]1C(=O)NCC(=O)c1ccc(COCC2=CCC(C(=O)CNC(=O)[C@@H]3CCCN3C(=O)OC(C)(C)C)C=C2)cc1. The number of hydrogen-bond acceptors (Lipinski definition) is 9. The Hall–Kier alpha value is -4.52. The van der Waals surface area contributed by atoms with Gasteiger partial charge in [0.1, 0.15) is 23.3 Å². The highest BCUT2D eigenvalue weighted by Gasteiger charge is 2.41. The van der Waals surface area contributed by atoms with Gasteiger partial charge in [-0.1, -0.05) is 49.4 Å². The molecule has 13 heteroatoms. The van der Waals surface area contributed by atoms with Gasteiger partial charge in [-0.2, -0.15) is 0 Å². The Kier molecular flexibility index (Phi) is 13.4. The fraction of sp³-hybridized carbons (Fsp3) is 0.590. The summed E-state index contributed by atoms with van der Waals surface area (Å²) in [5.74, 6) is -1.53. The molecule has 2 heterocycles. The molecule has 3 aliphatic rings. The molecule has 0 spiro atoms. The fourth-order valence-corrected chi connectivity index (χ4v) is 6.33. The molecule has 13 nitrogen and oxygen atoms in total. The van der Waals surface area contributed by atoms with Crippen LogP contribution >= 0.6 is 0 Å². The molecular formula is C39H54N4O9. The summed E-state index contributed by atoms with van der Waals surface area (Å²) in [5, 5.41) is 5.41. The van der Waals surface area contributed by atoms with Crippen LogP contribution in [0.5, 0.6) is 0 Å². The Morgan fingerprint density at radius 2 is 1.42 bits per heavy atom. The normalized spacial score (nSPS) is 21.7. The van der Waals surface area contributed by atoms with Gasteiger partial charge in [-0.3, -0.25) is 29.0 Å². The molecule has 1 aromatic carbocycles. The minimum atomic E-state index is -0.697.